The van der Waals surface area contributed by atoms with Crippen molar-refractivity contribution in [3.05, 3.63) is 21.3 Å². The molecule has 0 fully saturated rings. The maximum Gasteiger partial charge on any atom is 0.0931 e. The summed E-state index contributed by atoms with van der Waals surface area (Å²) in [5.74, 6) is 0.773. The smallest absolute Gasteiger partial charge is 0.0931 e. The number of hydrogen-bond donors (Lipinski definition) is 1. The van der Waals surface area contributed by atoms with Crippen LogP contribution in [0, 0.1) is 5.92 Å². The minimum absolute atomic E-state index is 0.481. The highest BCUT2D eigenvalue weighted by Gasteiger charge is 2.16. The summed E-state index contributed by atoms with van der Waals surface area (Å²) < 4.78 is 0.895. The molecule has 98 valence electrons. The molecule has 1 aromatic rings. The molecule has 1 N–H and O–H groups in total. The summed E-state index contributed by atoms with van der Waals surface area (Å²) in [5.41, 5.74) is 0. The Morgan fingerprint density at radius 3 is 2.59 bits per heavy atom. The van der Waals surface area contributed by atoms with Gasteiger partial charge < -0.3 is 5.32 Å². The second-order valence-electron chi connectivity index (χ2n) is 4.78. The molecule has 0 aromatic carbocycles. The van der Waals surface area contributed by atoms with Crippen molar-refractivity contribution in [1.29, 1.82) is 0 Å². The van der Waals surface area contributed by atoms with Gasteiger partial charge in [-0.15, -0.1) is 11.3 Å². The quantitative estimate of drug-likeness (QED) is 0.680. The summed E-state index contributed by atoms with van der Waals surface area (Å²) in [6, 6.07) is 4.65. The summed E-state index contributed by atoms with van der Waals surface area (Å²) >= 11 is 7.74. The SMILES string of the molecule is CCCNC(CC(C)CCC)c1ccc(Cl)s1. The zero-order valence-corrected chi connectivity index (χ0v) is 12.7. The highest BCUT2D eigenvalue weighted by atomic mass is 35.5. The summed E-state index contributed by atoms with van der Waals surface area (Å²) in [5, 5.41) is 3.64. The maximum atomic E-state index is 6.03. The first-order valence-corrected chi connectivity index (χ1v) is 7.85. The lowest BCUT2D eigenvalue weighted by Gasteiger charge is -2.21. The predicted molar refractivity (Wildman–Crippen MR) is 79.1 cm³/mol. The first-order chi connectivity index (χ1) is 8.17. The summed E-state index contributed by atoms with van der Waals surface area (Å²) in [7, 11) is 0. The van der Waals surface area contributed by atoms with Crippen LogP contribution in [0.3, 0.4) is 0 Å². The van der Waals surface area contributed by atoms with Crippen LogP contribution in [-0.4, -0.2) is 6.54 Å². The van der Waals surface area contributed by atoms with E-state index in [1.807, 2.05) is 6.07 Å². The second-order valence-corrected chi connectivity index (χ2v) is 6.52. The summed E-state index contributed by atoms with van der Waals surface area (Å²) in [6.45, 7) is 7.90. The van der Waals surface area contributed by atoms with Gasteiger partial charge in [-0.1, -0.05) is 45.2 Å². The first-order valence-electron chi connectivity index (χ1n) is 6.66. The Labute approximate surface area is 115 Å². The van der Waals surface area contributed by atoms with Crippen molar-refractivity contribution in [2.45, 2.75) is 52.5 Å². The van der Waals surface area contributed by atoms with Crippen LogP contribution in [0.4, 0.5) is 0 Å². The first kappa shape index (κ1) is 15.0. The van der Waals surface area contributed by atoms with E-state index >= 15 is 0 Å². The molecule has 0 aliphatic rings. The average molecular weight is 274 g/mol. The van der Waals surface area contributed by atoms with Crippen molar-refractivity contribution in [3.63, 3.8) is 0 Å². The van der Waals surface area contributed by atoms with Gasteiger partial charge in [-0.2, -0.15) is 0 Å². The number of nitrogens with one attached hydrogen (secondary N) is 1. The van der Waals surface area contributed by atoms with Crippen molar-refractivity contribution in [3.8, 4) is 0 Å². The fraction of sp³-hybridized carbons (Fsp3) is 0.714. The maximum absolute atomic E-state index is 6.03. The molecule has 3 heteroatoms. The highest BCUT2D eigenvalue weighted by Crippen LogP contribution is 2.31. The van der Waals surface area contributed by atoms with Crippen molar-refractivity contribution in [2.75, 3.05) is 6.54 Å². The molecule has 0 saturated heterocycles. The van der Waals surface area contributed by atoms with Gasteiger partial charge in [-0.05, 0) is 37.4 Å². The Morgan fingerprint density at radius 1 is 1.29 bits per heavy atom. The minimum atomic E-state index is 0.481. The third-order valence-corrected chi connectivity index (χ3v) is 4.34. The van der Waals surface area contributed by atoms with Crippen LogP contribution in [0.15, 0.2) is 12.1 Å². The van der Waals surface area contributed by atoms with Gasteiger partial charge in [-0.25, -0.2) is 0 Å². The number of rotatable bonds is 8. The predicted octanol–water partition coefficient (Wildman–Crippen LogP) is 5.27. The van der Waals surface area contributed by atoms with Gasteiger partial charge in [-0.3, -0.25) is 0 Å². The largest absolute Gasteiger partial charge is 0.309 e. The lowest BCUT2D eigenvalue weighted by atomic mass is 9.96. The molecule has 0 bridgehead atoms. The van der Waals surface area contributed by atoms with Crippen molar-refractivity contribution >= 4 is 22.9 Å². The van der Waals surface area contributed by atoms with E-state index in [4.69, 9.17) is 11.6 Å². The lowest BCUT2D eigenvalue weighted by Crippen LogP contribution is -2.23. The Bertz CT molecular complexity index is 311. The van der Waals surface area contributed by atoms with Crippen molar-refractivity contribution in [2.24, 2.45) is 5.92 Å². The Balaban J connectivity index is 2.60. The van der Waals surface area contributed by atoms with E-state index < -0.39 is 0 Å². The number of halogens is 1. The van der Waals surface area contributed by atoms with Crippen LogP contribution in [-0.2, 0) is 0 Å². The lowest BCUT2D eigenvalue weighted by molar-refractivity contribution is 0.394. The van der Waals surface area contributed by atoms with E-state index in [1.54, 1.807) is 11.3 Å². The fourth-order valence-corrected chi connectivity index (χ4v) is 3.30. The third kappa shape index (κ3) is 5.41. The molecule has 0 radical (unpaired) electrons. The van der Waals surface area contributed by atoms with E-state index in [9.17, 15) is 0 Å². The molecule has 2 atom stereocenters. The van der Waals surface area contributed by atoms with Gasteiger partial charge in [0.1, 0.15) is 0 Å². The zero-order valence-electron chi connectivity index (χ0n) is 11.1. The van der Waals surface area contributed by atoms with E-state index in [0.717, 1.165) is 16.8 Å². The molecule has 0 aliphatic heterocycles. The number of thiophene rings is 1. The Hall–Kier alpha value is -0.0500. The Morgan fingerprint density at radius 2 is 2.06 bits per heavy atom. The van der Waals surface area contributed by atoms with Gasteiger partial charge in [0, 0.05) is 10.9 Å². The molecule has 0 amide bonds. The van der Waals surface area contributed by atoms with Gasteiger partial charge in [0.15, 0.2) is 0 Å². The molecule has 1 aromatic heterocycles. The molecule has 0 aliphatic carbocycles. The average Bonchev–Trinajstić information content (AvgIpc) is 2.71. The van der Waals surface area contributed by atoms with Gasteiger partial charge in [0.2, 0.25) is 0 Å². The van der Waals surface area contributed by atoms with Crippen LogP contribution in [0.2, 0.25) is 4.34 Å². The van der Waals surface area contributed by atoms with Gasteiger partial charge in [0.25, 0.3) is 0 Å². The van der Waals surface area contributed by atoms with Crippen LogP contribution < -0.4 is 5.32 Å². The molecule has 1 rings (SSSR count). The van der Waals surface area contributed by atoms with Crippen molar-refractivity contribution in [1.82, 2.24) is 5.32 Å². The van der Waals surface area contributed by atoms with E-state index in [-0.39, 0.29) is 0 Å². The highest BCUT2D eigenvalue weighted by molar-refractivity contribution is 7.16. The molecular weight excluding hydrogens is 250 g/mol. The summed E-state index contributed by atoms with van der Waals surface area (Å²) in [4.78, 5) is 1.38. The molecule has 0 saturated carbocycles. The van der Waals surface area contributed by atoms with E-state index in [2.05, 4.69) is 32.2 Å². The third-order valence-electron chi connectivity index (χ3n) is 3.00. The topological polar surface area (TPSA) is 12.0 Å². The van der Waals surface area contributed by atoms with Gasteiger partial charge >= 0.3 is 0 Å². The molecular formula is C14H24ClNS. The van der Waals surface area contributed by atoms with Crippen molar-refractivity contribution < 1.29 is 0 Å². The molecule has 2 unspecified atom stereocenters. The van der Waals surface area contributed by atoms with E-state index in [1.165, 1.54) is 30.6 Å². The standard InChI is InChI=1S/C14H24ClNS/c1-4-6-11(3)10-12(16-9-5-2)13-7-8-14(15)17-13/h7-8,11-12,16H,4-6,9-10H2,1-3H3. The Kier molecular flexibility index (Phi) is 7.17. The van der Waals surface area contributed by atoms with Crippen LogP contribution in [0.25, 0.3) is 0 Å². The normalized spacial score (nSPS) is 14.8. The minimum Gasteiger partial charge on any atom is -0.309 e. The van der Waals surface area contributed by atoms with Crippen LogP contribution >= 0.6 is 22.9 Å². The summed E-state index contributed by atoms with van der Waals surface area (Å²) in [6.07, 6.45) is 4.97. The van der Waals surface area contributed by atoms with Crippen LogP contribution in [0.5, 0.6) is 0 Å². The molecule has 0 spiro atoms. The van der Waals surface area contributed by atoms with Crippen LogP contribution in [0.1, 0.15) is 57.4 Å². The molecule has 1 nitrogen and oxygen atoms in total. The second kappa shape index (κ2) is 8.12. The fourth-order valence-electron chi connectivity index (χ4n) is 2.15. The van der Waals surface area contributed by atoms with Gasteiger partial charge in [0.05, 0.1) is 4.34 Å². The van der Waals surface area contributed by atoms with E-state index in [0.29, 0.717) is 6.04 Å². The number of hydrogen-bond acceptors (Lipinski definition) is 2. The zero-order chi connectivity index (χ0) is 12.7. The monoisotopic (exact) mass is 273 g/mol. The molecule has 17 heavy (non-hydrogen) atoms. The molecule has 1 heterocycles.